The van der Waals surface area contributed by atoms with Gasteiger partial charge in [-0.3, -0.25) is 9.59 Å². The van der Waals surface area contributed by atoms with Crippen molar-refractivity contribution in [3.05, 3.63) is 0 Å². The molecule has 7 unspecified atom stereocenters. The maximum Gasteiger partial charge on any atom is 0.139 e. The molecule has 8 saturated carbocycles. The van der Waals surface area contributed by atoms with Crippen LogP contribution in [0.2, 0.25) is 36.3 Å². The molecule has 8 fully saturated rings. The molecule has 0 aromatic rings. The summed E-state index contributed by atoms with van der Waals surface area (Å²) < 4.78 is 9.60. The third kappa shape index (κ3) is 6.08. The number of alkyl halides is 2. The second-order valence-electron chi connectivity index (χ2n) is 26.7. The lowest BCUT2D eigenvalue weighted by Gasteiger charge is -2.70. The molecule has 8 aliphatic rings. The Bertz CT molecular complexity index is 1680. The summed E-state index contributed by atoms with van der Waals surface area (Å²) >= 11 is 5.64. The van der Waals surface area contributed by atoms with Crippen molar-refractivity contribution in [1.82, 2.24) is 0 Å². The smallest absolute Gasteiger partial charge is 0.139 e. The van der Waals surface area contributed by atoms with Crippen LogP contribution < -0.4 is 0 Å². The molecule has 4 nitrogen and oxygen atoms in total. The highest BCUT2D eigenvalue weighted by molar-refractivity contribution is 14.1. The minimum absolute atomic E-state index is 0.00364. The normalized spacial score (nSPS) is 52.3. The van der Waals surface area contributed by atoms with E-state index in [1.807, 2.05) is 0 Å². The summed E-state index contributed by atoms with van der Waals surface area (Å²) in [5, 5.41) is 12.9. The Morgan fingerprint density at radius 3 is 1.62 bits per heavy atom. The van der Waals surface area contributed by atoms with Crippen LogP contribution in [0.4, 0.5) is 0 Å². The van der Waals surface area contributed by atoms with E-state index in [2.05, 4.69) is 141 Å². The van der Waals surface area contributed by atoms with Gasteiger partial charge in [0.05, 0.1) is 32.7 Å². The number of carbonyl (C=O) groups excluding carboxylic acids is 2. The molecule has 0 aromatic heterocycles. The molecule has 1 N–H and O–H groups in total. The van der Waals surface area contributed by atoms with Gasteiger partial charge in [0.1, 0.15) is 11.6 Å². The van der Waals surface area contributed by atoms with Crippen LogP contribution in [0.1, 0.15) is 166 Å². The predicted molar refractivity (Wildman–Crippen MR) is 262 cm³/mol. The van der Waals surface area contributed by atoms with Gasteiger partial charge in [-0.05, 0) is 146 Å². The number of halogens is 2. The van der Waals surface area contributed by atoms with Crippen molar-refractivity contribution in [2.24, 2.45) is 69.0 Å². The Kier molecular flexibility index (Phi) is 11.1. The Balaban J connectivity index is 1.22. The largest absolute Gasteiger partial charge is 0.393 e. The van der Waals surface area contributed by atoms with Gasteiger partial charge < -0.3 is 9.84 Å². The molecular formula is C50H84I2O4Si2. The first kappa shape index (κ1) is 45.7. The Morgan fingerprint density at radius 1 is 0.621 bits per heavy atom. The first-order chi connectivity index (χ1) is 26.5. The number of hydrogen-bond acceptors (Lipinski definition) is 4. The van der Waals surface area contributed by atoms with E-state index in [0.29, 0.717) is 66.8 Å². The van der Waals surface area contributed by atoms with Gasteiger partial charge >= 0.3 is 0 Å². The molecule has 0 aromatic carbocycles. The van der Waals surface area contributed by atoms with Crippen LogP contribution in [-0.4, -0.2) is 57.2 Å². The summed E-state index contributed by atoms with van der Waals surface area (Å²) in [6.07, 6.45) is 16.0. The van der Waals surface area contributed by atoms with E-state index in [4.69, 9.17) is 4.74 Å². The first-order valence-electron chi connectivity index (χ1n) is 24.2. The lowest BCUT2D eigenvalue weighted by molar-refractivity contribution is -0.238. The van der Waals surface area contributed by atoms with Crippen molar-refractivity contribution in [1.29, 1.82) is 0 Å². The van der Waals surface area contributed by atoms with Crippen molar-refractivity contribution in [3.63, 3.8) is 0 Å². The van der Waals surface area contributed by atoms with Gasteiger partial charge in [0.15, 0.2) is 0 Å². The number of hydrogen-bond donors (Lipinski definition) is 1. The van der Waals surface area contributed by atoms with Crippen molar-refractivity contribution in [2.75, 3.05) is 0 Å². The lowest BCUT2D eigenvalue weighted by atomic mass is 9.44. The molecule has 58 heavy (non-hydrogen) atoms. The third-order valence-corrected chi connectivity index (χ3v) is 38.6. The SMILES string of the molecule is CC(C)(C)[Si](C)(C)C1(O)CC2CC[C@@H]3[C@@H](C(I)C[C@]4(C)C(=O)CC[C@@H]34)[C@@]2(C)C(OC2([Si](C)(C)C(C)(C)C)CC[C@@]3(C)C(CC[C@@H]4[C@H]3C(I)C[C@]3(C)C(=O)CC[C@@H]43)C2)C1. The van der Waals surface area contributed by atoms with E-state index in [1.54, 1.807) is 0 Å². The second-order valence-corrected chi connectivity index (χ2v) is 41.2. The first-order valence-corrected chi connectivity index (χ1v) is 32.7. The number of carbonyl (C=O) groups is 2. The van der Waals surface area contributed by atoms with Gasteiger partial charge in [-0.15, -0.1) is 0 Å². The Labute approximate surface area is 384 Å². The molecule has 0 radical (unpaired) electrons. The molecule has 0 spiro atoms. The predicted octanol–water partition coefficient (Wildman–Crippen LogP) is 13.6. The van der Waals surface area contributed by atoms with Crippen LogP contribution in [-0.2, 0) is 14.3 Å². The average Bonchev–Trinajstić information content (AvgIpc) is 3.56. The lowest BCUT2D eigenvalue weighted by Crippen LogP contribution is -2.73. The zero-order chi connectivity index (χ0) is 42.8. The van der Waals surface area contributed by atoms with E-state index < -0.39 is 21.4 Å². The molecule has 8 aliphatic carbocycles. The number of rotatable bonds is 4. The van der Waals surface area contributed by atoms with Crippen LogP contribution in [0.15, 0.2) is 0 Å². The molecule has 0 amide bonds. The van der Waals surface area contributed by atoms with Crippen molar-refractivity contribution in [2.45, 2.75) is 226 Å². The summed E-state index contributed by atoms with van der Waals surface area (Å²) in [6, 6.07) is 0. The van der Waals surface area contributed by atoms with Crippen LogP contribution in [0.5, 0.6) is 0 Å². The highest BCUT2D eigenvalue weighted by atomic mass is 127. The highest BCUT2D eigenvalue weighted by Gasteiger charge is 2.72. The Hall–Kier alpha value is 1.15. The third-order valence-electron chi connectivity index (χ3n) is 23.1. The molecule has 0 saturated heterocycles. The van der Waals surface area contributed by atoms with E-state index in [0.717, 1.165) is 64.2 Å². The zero-order valence-electron chi connectivity index (χ0n) is 39.4. The molecule has 17 atom stereocenters. The van der Waals surface area contributed by atoms with Crippen molar-refractivity contribution >= 4 is 72.9 Å². The molecule has 8 heteroatoms. The molecule has 0 bridgehead atoms. The highest BCUT2D eigenvalue weighted by Crippen LogP contribution is 2.72. The second kappa shape index (κ2) is 14.1. The maximum atomic E-state index is 13.6. The van der Waals surface area contributed by atoms with E-state index >= 15 is 0 Å². The molecule has 8 rings (SSSR count). The summed E-state index contributed by atoms with van der Waals surface area (Å²) in [5.74, 6) is 5.61. The Morgan fingerprint density at radius 2 is 1.10 bits per heavy atom. The molecule has 0 aliphatic heterocycles. The molecule has 0 heterocycles. The maximum absolute atomic E-state index is 13.6. The summed E-state index contributed by atoms with van der Waals surface area (Å²) in [7, 11) is -4.39. The van der Waals surface area contributed by atoms with E-state index in [9.17, 15) is 14.7 Å². The van der Waals surface area contributed by atoms with Crippen molar-refractivity contribution in [3.8, 4) is 0 Å². The molecule has 330 valence electrons. The van der Waals surface area contributed by atoms with Crippen molar-refractivity contribution < 1.29 is 19.4 Å². The van der Waals surface area contributed by atoms with Crippen LogP contribution in [0.3, 0.4) is 0 Å². The standard InChI is InChI=1S/C50H84I2O4Si2/c1-43(2,3)57(11,12)49(55)25-31-16-18-33-35-20-22-39(54)47(35,9)28-37(52)42(33)48(31,10)40(29-49)56-50(58(13,14)44(4,5)6)24-23-45(7)30(26-50)15-17-32-34-19-21-38(53)46(34,8)27-36(51)41(32)45/h30-37,40-42,55H,15-29H2,1-14H3/t30?,31?,32-,33-,34-,35-,36?,37?,40?,41-,42-,45-,46-,47-,48+,49?,50?/m0/s1. The minimum Gasteiger partial charge on any atom is -0.393 e. The minimum atomic E-state index is -2.23. The van der Waals surface area contributed by atoms with Gasteiger partial charge in [-0.2, -0.15) is 0 Å². The zero-order valence-corrected chi connectivity index (χ0v) is 45.7. The van der Waals surface area contributed by atoms with Crippen LogP contribution in [0.25, 0.3) is 0 Å². The fraction of sp³-hybridized carbons (Fsp3) is 0.960. The monoisotopic (exact) mass is 1060 g/mol. The number of Topliss-reactive ketones (excluding diaryl/α,β-unsaturated/α-hetero) is 2. The van der Waals surface area contributed by atoms with E-state index in [-0.39, 0.29) is 43.1 Å². The van der Waals surface area contributed by atoms with Gasteiger partial charge in [-0.25, -0.2) is 0 Å². The van der Waals surface area contributed by atoms with Gasteiger partial charge in [0, 0.05) is 36.9 Å². The quantitative estimate of drug-likeness (QED) is 0.173. The summed E-state index contributed by atoms with van der Waals surface area (Å²) in [6.45, 7) is 35.3. The summed E-state index contributed by atoms with van der Waals surface area (Å²) in [5.41, 5.74) is -0.0509. The van der Waals surface area contributed by atoms with Crippen LogP contribution in [0, 0.1) is 69.0 Å². The fourth-order valence-electron chi connectivity index (χ4n) is 17.3. The number of ether oxygens (including phenoxy) is 1. The average molecular weight is 1060 g/mol. The van der Waals surface area contributed by atoms with Gasteiger partial charge in [0.2, 0.25) is 0 Å². The number of aliphatic hydroxyl groups is 1. The van der Waals surface area contributed by atoms with Crippen LogP contribution >= 0.6 is 45.2 Å². The van der Waals surface area contributed by atoms with Gasteiger partial charge in [0.25, 0.3) is 0 Å². The number of ketones is 2. The topological polar surface area (TPSA) is 63.6 Å². The fourth-order valence-corrected chi connectivity index (χ4v) is 28.0. The van der Waals surface area contributed by atoms with Gasteiger partial charge in [-0.1, -0.05) is 141 Å². The van der Waals surface area contributed by atoms with E-state index in [1.165, 1.54) is 32.1 Å². The molecular weight excluding hydrogens is 975 g/mol. The number of fused-ring (bicyclic) bond motifs is 10. The summed E-state index contributed by atoms with van der Waals surface area (Å²) in [4.78, 5) is 27.1.